The van der Waals surface area contributed by atoms with Gasteiger partial charge in [-0.2, -0.15) is 11.3 Å². The first-order chi connectivity index (χ1) is 14.5. The summed E-state index contributed by atoms with van der Waals surface area (Å²) in [7, 11) is 0. The molecule has 30 heavy (non-hydrogen) atoms. The second-order valence-corrected chi connectivity index (χ2v) is 8.46. The second-order valence-electron chi connectivity index (χ2n) is 7.68. The molecule has 0 spiro atoms. The summed E-state index contributed by atoms with van der Waals surface area (Å²) < 4.78 is 1.72. The van der Waals surface area contributed by atoms with E-state index in [1.54, 1.807) is 22.1 Å². The molecule has 4 aromatic rings. The van der Waals surface area contributed by atoms with E-state index in [9.17, 15) is 9.59 Å². The molecule has 0 aromatic carbocycles. The maximum atomic E-state index is 13.0. The Morgan fingerprint density at radius 1 is 1.23 bits per heavy atom. The highest BCUT2D eigenvalue weighted by Gasteiger charge is 2.25. The van der Waals surface area contributed by atoms with Crippen LogP contribution in [0.3, 0.4) is 0 Å². The molecule has 1 fully saturated rings. The van der Waals surface area contributed by atoms with Gasteiger partial charge in [0.05, 0.1) is 22.1 Å². The van der Waals surface area contributed by atoms with Gasteiger partial charge in [-0.25, -0.2) is 9.78 Å². The smallest absolute Gasteiger partial charge is 0.329 e. The van der Waals surface area contributed by atoms with Gasteiger partial charge in [0.25, 0.3) is 5.56 Å². The fraction of sp³-hybridized carbons (Fsp3) is 0.273. The predicted octanol–water partition coefficient (Wildman–Crippen LogP) is 3.53. The Hall–Kier alpha value is -3.26. The quantitative estimate of drug-likeness (QED) is 0.514. The Morgan fingerprint density at radius 3 is 2.73 bits per heavy atom. The number of thiophene rings is 1. The summed E-state index contributed by atoms with van der Waals surface area (Å²) in [6, 6.07) is 5.80. The van der Waals surface area contributed by atoms with Crippen molar-refractivity contribution in [3.05, 3.63) is 68.3 Å². The Morgan fingerprint density at radius 2 is 2.03 bits per heavy atom. The van der Waals surface area contributed by atoms with E-state index in [2.05, 4.69) is 21.4 Å². The minimum absolute atomic E-state index is 0.0235. The van der Waals surface area contributed by atoms with Crippen molar-refractivity contribution in [2.24, 2.45) is 0 Å². The first-order valence-electron chi connectivity index (χ1n) is 9.90. The van der Waals surface area contributed by atoms with Gasteiger partial charge < -0.3 is 4.90 Å². The summed E-state index contributed by atoms with van der Waals surface area (Å²) in [6.45, 7) is 7.67. The monoisotopic (exact) mass is 419 g/mol. The van der Waals surface area contributed by atoms with Gasteiger partial charge in [0.2, 0.25) is 0 Å². The Bertz CT molecular complexity index is 1380. The van der Waals surface area contributed by atoms with E-state index in [0.717, 1.165) is 42.9 Å². The number of nitrogens with zero attached hydrogens (tertiary/aromatic N) is 4. The number of nitrogens with one attached hydrogen (secondary N) is 1. The van der Waals surface area contributed by atoms with Crippen LogP contribution in [-0.2, 0) is 0 Å². The number of hydrogen-bond donors (Lipinski definition) is 1. The molecule has 0 aliphatic carbocycles. The average molecular weight is 420 g/mol. The lowest BCUT2D eigenvalue weighted by molar-refractivity contribution is 0.228. The largest absolute Gasteiger partial charge is 0.375 e. The topological polar surface area (TPSA) is 83.9 Å². The van der Waals surface area contributed by atoms with Crippen molar-refractivity contribution in [3.63, 3.8) is 0 Å². The van der Waals surface area contributed by atoms with E-state index in [1.165, 1.54) is 0 Å². The highest BCUT2D eigenvalue weighted by atomic mass is 32.1. The van der Waals surface area contributed by atoms with Crippen LogP contribution in [0, 0.1) is 0 Å². The molecule has 4 aromatic heterocycles. The van der Waals surface area contributed by atoms with E-state index in [0.29, 0.717) is 21.9 Å². The van der Waals surface area contributed by atoms with Crippen molar-refractivity contribution in [2.45, 2.75) is 25.8 Å². The van der Waals surface area contributed by atoms with Crippen LogP contribution in [0.5, 0.6) is 0 Å². The third-order valence-corrected chi connectivity index (χ3v) is 6.48. The summed E-state index contributed by atoms with van der Waals surface area (Å²) in [5, 5.41) is 4.41. The van der Waals surface area contributed by atoms with Crippen LogP contribution < -0.4 is 11.2 Å². The number of aromatic nitrogens is 4. The van der Waals surface area contributed by atoms with E-state index < -0.39 is 11.2 Å². The summed E-state index contributed by atoms with van der Waals surface area (Å²) >= 11 is 1.60. The van der Waals surface area contributed by atoms with Gasteiger partial charge in [0.1, 0.15) is 5.52 Å². The Kier molecular flexibility index (Phi) is 4.51. The van der Waals surface area contributed by atoms with Gasteiger partial charge in [-0.1, -0.05) is 6.58 Å². The van der Waals surface area contributed by atoms with Crippen LogP contribution in [0.15, 0.2) is 57.0 Å². The van der Waals surface area contributed by atoms with E-state index in [1.807, 2.05) is 35.9 Å². The first kappa shape index (κ1) is 18.7. The van der Waals surface area contributed by atoms with Crippen molar-refractivity contribution in [2.75, 3.05) is 13.1 Å². The highest BCUT2D eigenvalue weighted by molar-refractivity contribution is 7.08. The number of pyridine rings is 2. The Balaban J connectivity index is 1.75. The normalized spacial score (nSPS) is 15.2. The number of piperidine rings is 1. The van der Waals surface area contributed by atoms with Crippen LogP contribution in [0.25, 0.3) is 33.2 Å². The summed E-state index contributed by atoms with van der Waals surface area (Å²) in [5.41, 5.74) is 3.84. The lowest BCUT2D eigenvalue weighted by Crippen LogP contribution is -2.39. The van der Waals surface area contributed by atoms with E-state index >= 15 is 0 Å². The second kappa shape index (κ2) is 7.21. The standard InChI is InChI=1S/C22H21N5O2S/c1-13(2)26-8-5-15(6-9-26)27-20-16(21(28)25-22(27)29)11-23-18-4-3-17(24-19(18)20)14-7-10-30-12-14/h3-4,7,10-12,15H,1,5-6,8-9H2,2H3,(H,25,28,29). The number of allylic oxidation sites excluding steroid dienone is 1. The van der Waals surface area contributed by atoms with Gasteiger partial charge >= 0.3 is 5.69 Å². The highest BCUT2D eigenvalue weighted by Crippen LogP contribution is 2.29. The SMILES string of the molecule is C=C(C)N1CCC(n2c(=O)[nH]c(=O)c3cnc4ccc(-c5ccsc5)nc4c32)CC1. The molecule has 5 rings (SSSR count). The molecule has 5 heterocycles. The van der Waals surface area contributed by atoms with Crippen molar-refractivity contribution in [1.82, 2.24) is 24.4 Å². The maximum absolute atomic E-state index is 13.0. The van der Waals surface area contributed by atoms with Crippen molar-refractivity contribution < 1.29 is 0 Å². The molecule has 1 aliphatic heterocycles. The van der Waals surface area contributed by atoms with E-state index in [-0.39, 0.29) is 6.04 Å². The molecule has 1 saturated heterocycles. The minimum Gasteiger partial charge on any atom is -0.375 e. The number of aromatic amines is 1. The molecular formula is C22H21N5O2S. The number of hydrogen-bond acceptors (Lipinski definition) is 6. The summed E-state index contributed by atoms with van der Waals surface area (Å²) in [5.74, 6) is 0. The molecule has 0 bridgehead atoms. The molecular weight excluding hydrogens is 398 g/mol. The zero-order valence-corrected chi connectivity index (χ0v) is 17.4. The molecule has 152 valence electrons. The number of H-pyrrole nitrogens is 1. The van der Waals surface area contributed by atoms with Gasteiger partial charge in [0.15, 0.2) is 0 Å². The summed E-state index contributed by atoms with van der Waals surface area (Å²) in [4.78, 5) is 39.5. The van der Waals surface area contributed by atoms with Crippen LogP contribution in [0.2, 0.25) is 0 Å². The molecule has 1 aliphatic rings. The predicted molar refractivity (Wildman–Crippen MR) is 120 cm³/mol. The third kappa shape index (κ3) is 3.04. The van der Waals surface area contributed by atoms with Crippen molar-refractivity contribution in [3.8, 4) is 11.3 Å². The fourth-order valence-corrected chi connectivity index (χ4v) is 4.86. The van der Waals surface area contributed by atoms with Gasteiger partial charge in [-0.05, 0) is 43.3 Å². The molecule has 7 nitrogen and oxygen atoms in total. The average Bonchev–Trinajstić information content (AvgIpc) is 3.28. The van der Waals surface area contributed by atoms with Crippen molar-refractivity contribution in [1.29, 1.82) is 0 Å². The zero-order chi connectivity index (χ0) is 20.8. The molecule has 8 heteroatoms. The molecule has 0 radical (unpaired) electrons. The van der Waals surface area contributed by atoms with E-state index in [4.69, 9.17) is 4.98 Å². The van der Waals surface area contributed by atoms with Gasteiger partial charge in [-0.15, -0.1) is 0 Å². The molecule has 1 N–H and O–H groups in total. The van der Waals surface area contributed by atoms with Gasteiger partial charge in [0, 0.05) is 42.0 Å². The number of likely N-dealkylation sites (tertiary alicyclic amines) is 1. The molecule has 0 amide bonds. The third-order valence-electron chi connectivity index (χ3n) is 5.80. The first-order valence-corrected chi connectivity index (χ1v) is 10.8. The van der Waals surface area contributed by atoms with Crippen LogP contribution >= 0.6 is 11.3 Å². The zero-order valence-electron chi connectivity index (χ0n) is 16.6. The minimum atomic E-state index is -0.428. The molecule has 0 atom stereocenters. The van der Waals surface area contributed by atoms with Crippen LogP contribution in [0.1, 0.15) is 25.8 Å². The lowest BCUT2D eigenvalue weighted by atomic mass is 10.0. The number of fused-ring (bicyclic) bond motifs is 3. The number of rotatable bonds is 3. The van der Waals surface area contributed by atoms with Crippen LogP contribution in [0.4, 0.5) is 0 Å². The Labute approximate surface area is 176 Å². The molecule has 0 saturated carbocycles. The van der Waals surface area contributed by atoms with Gasteiger partial charge in [-0.3, -0.25) is 19.3 Å². The molecule has 0 unspecified atom stereocenters. The lowest BCUT2D eigenvalue weighted by Gasteiger charge is -2.34. The fourth-order valence-electron chi connectivity index (χ4n) is 4.21. The maximum Gasteiger partial charge on any atom is 0.329 e. The van der Waals surface area contributed by atoms with Crippen molar-refractivity contribution >= 4 is 33.3 Å². The van der Waals surface area contributed by atoms with Crippen LogP contribution in [-0.4, -0.2) is 37.5 Å². The summed E-state index contributed by atoms with van der Waals surface area (Å²) in [6.07, 6.45) is 3.13.